The summed E-state index contributed by atoms with van der Waals surface area (Å²) in [5.74, 6) is 1.81. The summed E-state index contributed by atoms with van der Waals surface area (Å²) in [6, 6.07) is 0. The molecule has 0 saturated heterocycles. The zero-order chi connectivity index (χ0) is 15.9. The average Bonchev–Trinajstić information content (AvgIpc) is 2.86. The summed E-state index contributed by atoms with van der Waals surface area (Å²) in [6.07, 6.45) is 18.9. The second-order valence-electron chi connectivity index (χ2n) is 7.17. The SMILES string of the molecule is O=C(CCc1nc2c([nH]1)CC/C=C/CC2)C1CCCCCCC1. The van der Waals surface area contributed by atoms with Crippen LogP contribution in [-0.2, 0) is 24.1 Å². The summed E-state index contributed by atoms with van der Waals surface area (Å²) in [6.45, 7) is 0. The molecular formula is C20H30N2O. The number of Topliss-reactive ketones (excluding diaryl/α,β-unsaturated/α-hetero) is 1. The van der Waals surface area contributed by atoms with Gasteiger partial charge in [-0.05, 0) is 38.5 Å². The lowest BCUT2D eigenvalue weighted by atomic mass is 9.87. The van der Waals surface area contributed by atoms with E-state index >= 15 is 0 Å². The first-order chi connectivity index (χ1) is 11.3. The maximum Gasteiger partial charge on any atom is 0.136 e. The molecule has 23 heavy (non-hydrogen) atoms. The molecule has 2 aliphatic carbocycles. The van der Waals surface area contributed by atoms with Crippen LogP contribution in [-0.4, -0.2) is 15.8 Å². The molecule has 0 atom stereocenters. The Morgan fingerprint density at radius 2 is 1.74 bits per heavy atom. The fourth-order valence-electron chi connectivity index (χ4n) is 3.94. The number of nitrogens with one attached hydrogen (secondary N) is 1. The van der Waals surface area contributed by atoms with Gasteiger partial charge in [0.05, 0.1) is 5.69 Å². The van der Waals surface area contributed by atoms with Crippen molar-refractivity contribution in [3.63, 3.8) is 0 Å². The van der Waals surface area contributed by atoms with E-state index in [4.69, 9.17) is 4.98 Å². The number of imidazole rings is 1. The van der Waals surface area contributed by atoms with E-state index in [-0.39, 0.29) is 0 Å². The number of allylic oxidation sites excluding steroid dienone is 2. The van der Waals surface area contributed by atoms with Crippen molar-refractivity contribution >= 4 is 5.78 Å². The summed E-state index contributed by atoms with van der Waals surface area (Å²) in [7, 11) is 0. The predicted molar refractivity (Wildman–Crippen MR) is 93.5 cm³/mol. The Hall–Kier alpha value is -1.38. The number of aryl methyl sites for hydroxylation is 3. The molecule has 126 valence electrons. The molecule has 0 aliphatic heterocycles. The number of H-pyrrole nitrogens is 1. The molecule has 2 aliphatic rings. The fourth-order valence-corrected chi connectivity index (χ4v) is 3.94. The van der Waals surface area contributed by atoms with Crippen molar-refractivity contribution in [2.75, 3.05) is 0 Å². The Balaban J connectivity index is 1.53. The van der Waals surface area contributed by atoms with Gasteiger partial charge in [-0.25, -0.2) is 4.98 Å². The van der Waals surface area contributed by atoms with E-state index in [9.17, 15) is 4.79 Å². The number of carbonyl (C=O) groups excluding carboxylic acids is 1. The van der Waals surface area contributed by atoms with Crippen molar-refractivity contribution in [1.29, 1.82) is 0 Å². The van der Waals surface area contributed by atoms with Gasteiger partial charge in [0, 0.05) is 24.5 Å². The smallest absolute Gasteiger partial charge is 0.136 e. The normalized spacial score (nSPS) is 21.6. The van der Waals surface area contributed by atoms with Crippen molar-refractivity contribution in [3.8, 4) is 0 Å². The van der Waals surface area contributed by atoms with Gasteiger partial charge in [0.25, 0.3) is 0 Å². The maximum atomic E-state index is 12.5. The summed E-state index contributed by atoms with van der Waals surface area (Å²) in [5.41, 5.74) is 2.52. The van der Waals surface area contributed by atoms with E-state index in [0.717, 1.165) is 50.8 Å². The molecule has 3 heteroatoms. The van der Waals surface area contributed by atoms with Crippen LogP contribution in [0.2, 0.25) is 0 Å². The third-order valence-corrected chi connectivity index (χ3v) is 5.36. The summed E-state index contributed by atoms with van der Waals surface area (Å²) in [5, 5.41) is 0. The zero-order valence-electron chi connectivity index (χ0n) is 14.3. The molecule has 3 nitrogen and oxygen atoms in total. The molecule has 1 fully saturated rings. The fraction of sp³-hybridized carbons (Fsp3) is 0.700. The van der Waals surface area contributed by atoms with Gasteiger partial charge in [-0.3, -0.25) is 4.79 Å². The van der Waals surface area contributed by atoms with Crippen molar-refractivity contribution < 1.29 is 4.79 Å². The Bertz CT molecular complexity index is 508. The molecule has 0 unspecified atom stereocenters. The van der Waals surface area contributed by atoms with Gasteiger partial charge in [0.2, 0.25) is 0 Å². The minimum absolute atomic E-state index is 0.315. The summed E-state index contributed by atoms with van der Waals surface area (Å²) < 4.78 is 0. The third kappa shape index (κ3) is 4.79. The number of hydrogen-bond donors (Lipinski definition) is 1. The standard InChI is InChI=1S/C20H30N2O/c23-19(16-10-6-2-1-3-7-11-16)14-15-20-21-17-12-8-4-5-9-13-18(17)22-20/h4-5,16H,1-3,6-15H2,(H,21,22)/b5-4+. The number of nitrogens with zero attached hydrogens (tertiary/aromatic N) is 1. The van der Waals surface area contributed by atoms with Crippen LogP contribution in [0.1, 0.15) is 81.4 Å². The van der Waals surface area contributed by atoms with Gasteiger partial charge in [-0.15, -0.1) is 0 Å². The molecular weight excluding hydrogens is 284 g/mol. The second-order valence-corrected chi connectivity index (χ2v) is 7.17. The minimum atomic E-state index is 0.315. The molecule has 0 radical (unpaired) electrons. The molecule has 3 rings (SSSR count). The van der Waals surface area contributed by atoms with Crippen LogP contribution in [0.15, 0.2) is 12.2 Å². The van der Waals surface area contributed by atoms with Gasteiger partial charge in [0.15, 0.2) is 0 Å². The summed E-state index contributed by atoms with van der Waals surface area (Å²) >= 11 is 0. The highest BCUT2D eigenvalue weighted by Gasteiger charge is 2.20. The molecule has 1 heterocycles. The van der Waals surface area contributed by atoms with Gasteiger partial charge >= 0.3 is 0 Å². The number of carbonyl (C=O) groups is 1. The zero-order valence-corrected chi connectivity index (χ0v) is 14.3. The number of ketones is 1. The molecule has 0 aromatic carbocycles. The third-order valence-electron chi connectivity index (χ3n) is 5.36. The topological polar surface area (TPSA) is 45.8 Å². The van der Waals surface area contributed by atoms with Crippen molar-refractivity contribution in [1.82, 2.24) is 9.97 Å². The number of aromatic nitrogens is 2. The Morgan fingerprint density at radius 1 is 1.04 bits per heavy atom. The van der Waals surface area contributed by atoms with Crippen LogP contribution in [0.4, 0.5) is 0 Å². The second kappa shape index (κ2) is 8.47. The average molecular weight is 314 g/mol. The van der Waals surface area contributed by atoms with E-state index < -0.39 is 0 Å². The highest BCUT2D eigenvalue weighted by Crippen LogP contribution is 2.24. The van der Waals surface area contributed by atoms with E-state index in [0.29, 0.717) is 18.1 Å². The van der Waals surface area contributed by atoms with Crippen LogP contribution in [0.3, 0.4) is 0 Å². The van der Waals surface area contributed by atoms with Crippen LogP contribution in [0, 0.1) is 5.92 Å². The van der Waals surface area contributed by atoms with Gasteiger partial charge in [0.1, 0.15) is 11.6 Å². The monoisotopic (exact) mass is 314 g/mol. The van der Waals surface area contributed by atoms with Crippen molar-refractivity contribution in [2.24, 2.45) is 5.92 Å². The maximum absolute atomic E-state index is 12.5. The molecule has 1 saturated carbocycles. The Kier molecular flexibility index (Phi) is 6.06. The van der Waals surface area contributed by atoms with Gasteiger partial charge < -0.3 is 4.98 Å². The van der Waals surface area contributed by atoms with Crippen LogP contribution >= 0.6 is 0 Å². The lowest BCUT2D eigenvalue weighted by molar-refractivity contribution is -0.123. The molecule has 0 bridgehead atoms. The lowest BCUT2D eigenvalue weighted by Crippen LogP contribution is -2.16. The molecule has 0 spiro atoms. The van der Waals surface area contributed by atoms with E-state index in [2.05, 4.69) is 17.1 Å². The molecule has 1 aromatic rings. The molecule has 1 aromatic heterocycles. The molecule has 1 N–H and O–H groups in total. The van der Waals surface area contributed by atoms with E-state index in [1.165, 1.54) is 43.5 Å². The lowest BCUT2D eigenvalue weighted by Gasteiger charge is -2.18. The first-order valence-electron chi connectivity index (χ1n) is 9.57. The quantitative estimate of drug-likeness (QED) is 0.818. The van der Waals surface area contributed by atoms with Gasteiger partial charge in [-0.1, -0.05) is 44.3 Å². The summed E-state index contributed by atoms with van der Waals surface area (Å²) in [4.78, 5) is 20.8. The van der Waals surface area contributed by atoms with E-state index in [1.807, 2.05) is 0 Å². The van der Waals surface area contributed by atoms with Gasteiger partial charge in [-0.2, -0.15) is 0 Å². The first-order valence-corrected chi connectivity index (χ1v) is 9.57. The van der Waals surface area contributed by atoms with Crippen molar-refractivity contribution in [2.45, 2.75) is 83.5 Å². The molecule has 0 amide bonds. The largest absolute Gasteiger partial charge is 0.346 e. The Labute approximate surface area is 140 Å². The van der Waals surface area contributed by atoms with Crippen molar-refractivity contribution in [3.05, 3.63) is 29.4 Å². The highest BCUT2D eigenvalue weighted by molar-refractivity contribution is 5.81. The number of rotatable bonds is 4. The number of hydrogen-bond acceptors (Lipinski definition) is 2. The minimum Gasteiger partial charge on any atom is -0.346 e. The van der Waals surface area contributed by atoms with Crippen LogP contribution in [0.25, 0.3) is 0 Å². The van der Waals surface area contributed by atoms with Crippen LogP contribution in [0.5, 0.6) is 0 Å². The predicted octanol–water partition coefficient (Wildman–Crippen LogP) is 4.71. The van der Waals surface area contributed by atoms with E-state index in [1.54, 1.807) is 0 Å². The number of aromatic amines is 1. The van der Waals surface area contributed by atoms with Crippen LogP contribution < -0.4 is 0 Å². The number of fused-ring (bicyclic) bond motifs is 1. The first kappa shape index (κ1) is 16.5. The Morgan fingerprint density at radius 3 is 2.52 bits per heavy atom. The highest BCUT2D eigenvalue weighted by atomic mass is 16.1.